The predicted molar refractivity (Wildman–Crippen MR) is 77.6 cm³/mol. The molecule has 0 heterocycles. The third kappa shape index (κ3) is 8.38. The number of amides is 1. The normalized spacial score (nSPS) is 12.8. The molecule has 0 rings (SSSR count). The second kappa shape index (κ2) is 9.24. The van der Waals surface area contributed by atoms with E-state index in [1.165, 1.54) is 0 Å². The highest BCUT2D eigenvalue weighted by Crippen LogP contribution is 2.00. The van der Waals surface area contributed by atoms with Crippen molar-refractivity contribution in [3.8, 4) is 0 Å². The molecule has 1 unspecified atom stereocenters. The summed E-state index contributed by atoms with van der Waals surface area (Å²) in [5.41, 5.74) is 5.48. The molecule has 0 aromatic carbocycles. The molecule has 0 aromatic rings. The summed E-state index contributed by atoms with van der Waals surface area (Å²) in [6.45, 7) is 7.58. The van der Waals surface area contributed by atoms with Gasteiger partial charge in [0.05, 0.1) is 18.1 Å². The van der Waals surface area contributed by atoms with Crippen molar-refractivity contribution in [3.63, 3.8) is 0 Å². The molecule has 0 aliphatic rings. The fraction of sp³-hybridized carbons (Fsp3) is 0.833. The Morgan fingerprint density at radius 1 is 1.44 bits per heavy atom. The van der Waals surface area contributed by atoms with Crippen LogP contribution in [0.2, 0.25) is 0 Å². The van der Waals surface area contributed by atoms with Crippen LogP contribution in [0.5, 0.6) is 0 Å². The molecule has 0 bridgehead atoms. The van der Waals surface area contributed by atoms with Gasteiger partial charge >= 0.3 is 0 Å². The Balaban J connectivity index is 4.15. The molecule has 0 saturated carbocycles. The van der Waals surface area contributed by atoms with Crippen LogP contribution in [0.3, 0.4) is 0 Å². The van der Waals surface area contributed by atoms with Gasteiger partial charge < -0.3 is 15.8 Å². The molecule has 0 aliphatic heterocycles. The number of nitrogens with one attached hydrogen (secondary N) is 1. The Bertz CT molecular complexity index is 272. The van der Waals surface area contributed by atoms with E-state index in [2.05, 4.69) is 5.32 Å². The molecule has 3 N–H and O–H groups in total. The number of ether oxygens (including phenoxy) is 1. The number of nitrogens with zero attached hydrogens (tertiary/aromatic N) is 1. The molecule has 0 aliphatic carbocycles. The zero-order valence-corrected chi connectivity index (χ0v) is 12.5. The molecule has 18 heavy (non-hydrogen) atoms. The van der Waals surface area contributed by atoms with Gasteiger partial charge in [-0.15, -0.1) is 0 Å². The fourth-order valence-electron chi connectivity index (χ4n) is 1.57. The van der Waals surface area contributed by atoms with Crippen molar-refractivity contribution in [2.45, 2.75) is 39.3 Å². The number of rotatable bonds is 9. The van der Waals surface area contributed by atoms with Crippen LogP contribution >= 0.6 is 12.2 Å². The van der Waals surface area contributed by atoms with Crippen molar-refractivity contribution in [1.82, 2.24) is 10.2 Å². The average molecular weight is 275 g/mol. The largest absolute Gasteiger partial charge is 0.393 e. The van der Waals surface area contributed by atoms with Gasteiger partial charge in [-0.25, -0.2) is 0 Å². The molecule has 1 atom stereocenters. The van der Waals surface area contributed by atoms with Gasteiger partial charge in [0.25, 0.3) is 0 Å². The van der Waals surface area contributed by atoms with E-state index in [0.29, 0.717) is 31.1 Å². The number of methoxy groups -OCH3 is 1. The zero-order valence-electron chi connectivity index (χ0n) is 11.7. The summed E-state index contributed by atoms with van der Waals surface area (Å²) >= 11 is 4.85. The van der Waals surface area contributed by atoms with Crippen LogP contribution in [-0.2, 0) is 9.53 Å². The van der Waals surface area contributed by atoms with Gasteiger partial charge in [0.15, 0.2) is 0 Å². The third-order valence-electron chi connectivity index (χ3n) is 2.55. The third-order valence-corrected chi connectivity index (χ3v) is 2.75. The smallest absolute Gasteiger partial charge is 0.234 e. The molecule has 1 amide bonds. The Morgan fingerprint density at radius 2 is 2.06 bits per heavy atom. The Morgan fingerprint density at radius 3 is 2.50 bits per heavy atom. The lowest BCUT2D eigenvalue weighted by atomic mass is 10.2. The molecule has 106 valence electrons. The Hall–Kier alpha value is -0.720. The summed E-state index contributed by atoms with van der Waals surface area (Å²) in [6.07, 6.45) is 0.633. The maximum Gasteiger partial charge on any atom is 0.234 e. The van der Waals surface area contributed by atoms with Gasteiger partial charge in [0, 0.05) is 32.2 Å². The highest BCUT2D eigenvalue weighted by Gasteiger charge is 2.15. The number of carbonyl (C=O) groups excluding carboxylic acids is 1. The minimum atomic E-state index is -0.00353. The lowest BCUT2D eigenvalue weighted by Crippen LogP contribution is -2.45. The standard InChI is InChI=1S/C12H25N3O2S/c1-9(2)15(6-5-11(13)18)7-12(16)14-10(3)8-17-4/h9-10H,5-8H2,1-4H3,(H2,13,18)(H,14,16). The van der Waals surface area contributed by atoms with E-state index in [4.69, 9.17) is 22.7 Å². The van der Waals surface area contributed by atoms with E-state index in [-0.39, 0.29) is 18.0 Å². The molecule has 6 heteroatoms. The fourth-order valence-corrected chi connectivity index (χ4v) is 1.66. The van der Waals surface area contributed by atoms with Gasteiger partial charge in [0.2, 0.25) is 5.91 Å². The average Bonchev–Trinajstić information content (AvgIpc) is 2.23. The maximum atomic E-state index is 11.8. The second-order valence-corrected chi connectivity index (χ2v) is 5.23. The molecule has 0 fully saturated rings. The summed E-state index contributed by atoms with van der Waals surface area (Å²) in [6, 6.07) is 0.301. The van der Waals surface area contributed by atoms with Gasteiger partial charge in [-0.3, -0.25) is 9.69 Å². The molecular weight excluding hydrogens is 250 g/mol. The van der Waals surface area contributed by atoms with Gasteiger partial charge in [-0.1, -0.05) is 12.2 Å². The number of carbonyl (C=O) groups is 1. The van der Waals surface area contributed by atoms with E-state index in [9.17, 15) is 4.79 Å². The zero-order chi connectivity index (χ0) is 14.1. The monoisotopic (exact) mass is 275 g/mol. The summed E-state index contributed by atoms with van der Waals surface area (Å²) in [5, 5.41) is 2.88. The summed E-state index contributed by atoms with van der Waals surface area (Å²) in [5.74, 6) is -0.00353. The summed E-state index contributed by atoms with van der Waals surface area (Å²) < 4.78 is 4.97. The lowest BCUT2D eigenvalue weighted by Gasteiger charge is -2.26. The molecule has 0 saturated heterocycles. The maximum absolute atomic E-state index is 11.8. The highest BCUT2D eigenvalue weighted by atomic mass is 32.1. The topological polar surface area (TPSA) is 67.6 Å². The van der Waals surface area contributed by atoms with Crippen LogP contribution < -0.4 is 11.1 Å². The van der Waals surface area contributed by atoms with Crippen molar-refractivity contribution in [2.75, 3.05) is 26.8 Å². The first-order chi connectivity index (χ1) is 8.36. The molecule has 0 radical (unpaired) electrons. The van der Waals surface area contributed by atoms with Crippen LogP contribution in [0.1, 0.15) is 27.2 Å². The first kappa shape index (κ1) is 17.3. The molecule has 5 nitrogen and oxygen atoms in total. The first-order valence-electron chi connectivity index (χ1n) is 6.17. The van der Waals surface area contributed by atoms with Crippen molar-refractivity contribution >= 4 is 23.1 Å². The van der Waals surface area contributed by atoms with Crippen LogP contribution in [0.25, 0.3) is 0 Å². The van der Waals surface area contributed by atoms with E-state index in [1.54, 1.807) is 7.11 Å². The quantitative estimate of drug-likeness (QED) is 0.601. The predicted octanol–water partition coefficient (Wildman–Crippen LogP) is 0.524. The molecule has 0 spiro atoms. The van der Waals surface area contributed by atoms with Crippen molar-refractivity contribution in [2.24, 2.45) is 5.73 Å². The van der Waals surface area contributed by atoms with E-state index >= 15 is 0 Å². The highest BCUT2D eigenvalue weighted by molar-refractivity contribution is 7.80. The van der Waals surface area contributed by atoms with Crippen LogP contribution in [0, 0.1) is 0 Å². The van der Waals surface area contributed by atoms with Gasteiger partial charge in [0.1, 0.15) is 0 Å². The number of thiocarbonyl (C=S) groups is 1. The summed E-state index contributed by atoms with van der Waals surface area (Å²) in [7, 11) is 1.62. The van der Waals surface area contributed by atoms with Crippen molar-refractivity contribution in [3.05, 3.63) is 0 Å². The number of hydrogen-bond acceptors (Lipinski definition) is 4. The van der Waals surface area contributed by atoms with Gasteiger partial charge in [-0.2, -0.15) is 0 Å². The van der Waals surface area contributed by atoms with Crippen LogP contribution in [-0.4, -0.2) is 54.7 Å². The second-order valence-electron chi connectivity index (χ2n) is 4.70. The Kier molecular flexibility index (Phi) is 8.87. The first-order valence-corrected chi connectivity index (χ1v) is 6.58. The van der Waals surface area contributed by atoms with Crippen LogP contribution in [0.4, 0.5) is 0 Å². The SMILES string of the molecule is COCC(C)NC(=O)CN(CCC(N)=S)C(C)C. The number of hydrogen-bond donors (Lipinski definition) is 2. The van der Waals surface area contributed by atoms with E-state index < -0.39 is 0 Å². The van der Waals surface area contributed by atoms with Crippen molar-refractivity contribution in [1.29, 1.82) is 0 Å². The van der Waals surface area contributed by atoms with Gasteiger partial charge in [-0.05, 0) is 20.8 Å². The van der Waals surface area contributed by atoms with E-state index in [1.807, 2.05) is 25.7 Å². The number of nitrogens with two attached hydrogens (primary N) is 1. The summed E-state index contributed by atoms with van der Waals surface area (Å²) in [4.78, 5) is 14.3. The minimum absolute atomic E-state index is 0.00353. The molecule has 0 aromatic heterocycles. The minimum Gasteiger partial charge on any atom is -0.393 e. The molecular formula is C12H25N3O2S. The Labute approximate surface area is 115 Å². The lowest BCUT2D eigenvalue weighted by molar-refractivity contribution is -0.123. The van der Waals surface area contributed by atoms with Crippen molar-refractivity contribution < 1.29 is 9.53 Å². The van der Waals surface area contributed by atoms with Crippen LogP contribution in [0.15, 0.2) is 0 Å². The van der Waals surface area contributed by atoms with E-state index in [0.717, 1.165) is 0 Å².